The van der Waals surface area contributed by atoms with Gasteiger partial charge in [-0.2, -0.15) is 0 Å². The number of unbranched alkanes of at least 4 members (excludes halogenated alkanes) is 2. The van der Waals surface area contributed by atoms with Crippen LogP contribution in [0.4, 0.5) is 0 Å². The van der Waals surface area contributed by atoms with E-state index in [1.165, 1.54) is 12.8 Å². The van der Waals surface area contributed by atoms with Crippen molar-refractivity contribution in [2.45, 2.75) is 26.2 Å². The second kappa shape index (κ2) is 8.79. The highest BCUT2D eigenvalue weighted by Gasteiger charge is 2.08. The summed E-state index contributed by atoms with van der Waals surface area (Å²) in [5.41, 5.74) is 2.08. The molecular weight excluding hydrogens is 286 g/mol. The summed E-state index contributed by atoms with van der Waals surface area (Å²) >= 11 is 0. The number of hydrogen-bond donors (Lipinski definition) is 1. The Morgan fingerprint density at radius 2 is 1.70 bits per heavy atom. The van der Waals surface area contributed by atoms with Gasteiger partial charge in [0.05, 0.1) is 6.61 Å². The van der Waals surface area contributed by atoms with Crippen molar-refractivity contribution in [2.75, 3.05) is 6.61 Å². The topological polar surface area (TPSA) is 38.3 Å². The van der Waals surface area contributed by atoms with Gasteiger partial charge in [0.2, 0.25) is 0 Å². The van der Waals surface area contributed by atoms with E-state index in [0.29, 0.717) is 17.9 Å². The van der Waals surface area contributed by atoms with E-state index in [9.17, 15) is 4.79 Å². The third kappa shape index (κ3) is 5.29. The van der Waals surface area contributed by atoms with Crippen LogP contribution in [0, 0.1) is 0 Å². The van der Waals surface area contributed by atoms with Gasteiger partial charge >= 0.3 is 0 Å². The predicted octanol–water partition coefficient (Wildman–Crippen LogP) is 4.66. The molecule has 0 bridgehead atoms. The van der Waals surface area contributed by atoms with Crippen molar-refractivity contribution in [3.05, 3.63) is 72.3 Å². The normalized spacial score (nSPS) is 10.1. The van der Waals surface area contributed by atoms with Crippen LogP contribution in [0.5, 0.6) is 5.75 Å². The van der Waals surface area contributed by atoms with E-state index in [0.717, 1.165) is 17.7 Å². The number of ether oxygens (including phenoxy) is 1. The summed E-state index contributed by atoms with van der Waals surface area (Å²) in [5.74, 6) is 0.621. The summed E-state index contributed by atoms with van der Waals surface area (Å²) in [6, 6.07) is 16.8. The molecule has 0 saturated carbocycles. The smallest absolute Gasteiger partial charge is 0.255 e. The maximum absolute atomic E-state index is 12.2. The summed E-state index contributed by atoms with van der Waals surface area (Å²) in [4.78, 5) is 12.2. The first-order valence-electron chi connectivity index (χ1n) is 7.99. The van der Waals surface area contributed by atoms with Crippen molar-refractivity contribution in [1.29, 1.82) is 0 Å². The molecule has 2 rings (SSSR count). The molecule has 2 aromatic carbocycles. The van der Waals surface area contributed by atoms with Gasteiger partial charge in [0.15, 0.2) is 0 Å². The second-order valence-electron chi connectivity index (χ2n) is 5.38. The summed E-state index contributed by atoms with van der Waals surface area (Å²) in [6.45, 7) is 6.79. The average Bonchev–Trinajstić information content (AvgIpc) is 2.60. The minimum absolute atomic E-state index is 0.170. The fraction of sp³-hybridized carbons (Fsp3) is 0.250. The van der Waals surface area contributed by atoms with Gasteiger partial charge in [-0.05, 0) is 36.2 Å². The van der Waals surface area contributed by atoms with E-state index in [2.05, 4.69) is 18.8 Å². The molecule has 23 heavy (non-hydrogen) atoms. The van der Waals surface area contributed by atoms with E-state index in [4.69, 9.17) is 4.74 Å². The predicted molar refractivity (Wildman–Crippen MR) is 94.4 cm³/mol. The summed E-state index contributed by atoms with van der Waals surface area (Å²) in [5, 5.41) is 2.82. The molecule has 0 aliphatic heterocycles. The Morgan fingerprint density at radius 1 is 1.00 bits per heavy atom. The molecule has 0 radical (unpaired) electrons. The van der Waals surface area contributed by atoms with Gasteiger partial charge in [-0.3, -0.25) is 4.79 Å². The van der Waals surface area contributed by atoms with Crippen molar-refractivity contribution >= 4 is 11.6 Å². The number of rotatable bonds is 8. The van der Waals surface area contributed by atoms with Gasteiger partial charge < -0.3 is 10.1 Å². The van der Waals surface area contributed by atoms with Crippen LogP contribution in [0.1, 0.15) is 42.1 Å². The third-order valence-corrected chi connectivity index (χ3v) is 3.52. The minimum atomic E-state index is -0.170. The Labute approximate surface area is 138 Å². The fourth-order valence-electron chi connectivity index (χ4n) is 2.17. The first kappa shape index (κ1) is 16.8. The molecule has 1 N–H and O–H groups in total. The van der Waals surface area contributed by atoms with E-state index in [-0.39, 0.29) is 5.91 Å². The molecule has 1 amide bonds. The molecule has 3 heteroatoms. The number of nitrogens with one attached hydrogen (secondary N) is 1. The van der Waals surface area contributed by atoms with Crippen LogP contribution in [-0.4, -0.2) is 12.5 Å². The minimum Gasteiger partial charge on any atom is -0.494 e. The van der Waals surface area contributed by atoms with Gasteiger partial charge in [0.1, 0.15) is 5.75 Å². The highest BCUT2D eigenvalue weighted by molar-refractivity contribution is 5.99. The quantitative estimate of drug-likeness (QED) is 0.720. The number of carbonyl (C=O) groups excluding carboxylic acids is 1. The lowest BCUT2D eigenvalue weighted by molar-refractivity contribution is 0.0974. The van der Waals surface area contributed by atoms with Gasteiger partial charge in [-0.25, -0.2) is 0 Å². The number of amides is 1. The largest absolute Gasteiger partial charge is 0.494 e. The lowest BCUT2D eigenvalue weighted by atomic mass is 10.1. The molecule has 0 aromatic heterocycles. The van der Waals surface area contributed by atoms with Crippen LogP contribution in [0.3, 0.4) is 0 Å². The van der Waals surface area contributed by atoms with Crippen LogP contribution in [0.2, 0.25) is 0 Å². The van der Waals surface area contributed by atoms with Crippen LogP contribution in [-0.2, 0) is 0 Å². The van der Waals surface area contributed by atoms with E-state index in [1.54, 1.807) is 12.1 Å². The average molecular weight is 309 g/mol. The fourth-order valence-corrected chi connectivity index (χ4v) is 2.17. The summed E-state index contributed by atoms with van der Waals surface area (Å²) in [6.07, 6.45) is 3.39. The SMILES string of the molecule is C=C(NC(=O)c1ccc(OCCCCC)cc1)c1ccccc1. The van der Waals surface area contributed by atoms with E-state index in [1.807, 2.05) is 42.5 Å². The standard InChI is InChI=1S/C20H23NO2/c1-3-4-8-15-23-19-13-11-18(12-14-19)20(22)21-16(2)17-9-6-5-7-10-17/h5-7,9-14H,2-4,8,15H2,1H3,(H,21,22). The molecule has 0 unspecified atom stereocenters. The zero-order valence-corrected chi connectivity index (χ0v) is 13.5. The lowest BCUT2D eigenvalue weighted by Gasteiger charge is -2.09. The summed E-state index contributed by atoms with van der Waals surface area (Å²) < 4.78 is 5.64. The molecule has 0 spiro atoms. The Bertz CT molecular complexity index is 632. The van der Waals surface area contributed by atoms with E-state index < -0.39 is 0 Å². The second-order valence-corrected chi connectivity index (χ2v) is 5.38. The molecule has 0 atom stereocenters. The van der Waals surface area contributed by atoms with Crippen molar-refractivity contribution in [3.63, 3.8) is 0 Å². The zero-order valence-electron chi connectivity index (χ0n) is 13.5. The molecule has 0 aliphatic rings. The Hall–Kier alpha value is -2.55. The van der Waals surface area contributed by atoms with Crippen LogP contribution in [0.25, 0.3) is 5.70 Å². The zero-order chi connectivity index (χ0) is 16.5. The molecule has 3 nitrogen and oxygen atoms in total. The van der Waals surface area contributed by atoms with Crippen molar-refractivity contribution in [1.82, 2.24) is 5.32 Å². The molecular formula is C20H23NO2. The van der Waals surface area contributed by atoms with Gasteiger partial charge in [-0.15, -0.1) is 0 Å². The Morgan fingerprint density at radius 3 is 2.35 bits per heavy atom. The maximum atomic E-state index is 12.2. The van der Waals surface area contributed by atoms with Crippen molar-refractivity contribution in [3.8, 4) is 5.75 Å². The van der Waals surface area contributed by atoms with Crippen molar-refractivity contribution < 1.29 is 9.53 Å². The highest BCUT2D eigenvalue weighted by Crippen LogP contribution is 2.14. The molecule has 0 saturated heterocycles. The lowest BCUT2D eigenvalue weighted by Crippen LogP contribution is -2.21. The Balaban J connectivity index is 1.89. The molecule has 0 aliphatic carbocycles. The number of benzene rings is 2. The summed E-state index contributed by atoms with van der Waals surface area (Å²) in [7, 11) is 0. The van der Waals surface area contributed by atoms with Gasteiger partial charge in [-0.1, -0.05) is 56.7 Å². The third-order valence-electron chi connectivity index (χ3n) is 3.52. The van der Waals surface area contributed by atoms with Gasteiger partial charge in [0.25, 0.3) is 5.91 Å². The number of hydrogen-bond acceptors (Lipinski definition) is 2. The van der Waals surface area contributed by atoms with E-state index >= 15 is 0 Å². The first-order valence-corrected chi connectivity index (χ1v) is 7.99. The molecule has 0 heterocycles. The van der Waals surface area contributed by atoms with Crippen LogP contribution in [0.15, 0.2) is 61.2 Å². The molecule has 2 aromatic rings. The number of carbonyl (C=O) groups is 1. The molecule has 120 valence electrons. The first-order chi connectivity index (χ1) is 11.2. The van der Waals surface area contributed by atoms with Crippen LogP contribution < -0.4 is 10.1 Å². The van der Waals surface area contributed by atoms with Gasteiger partial charge in [0, 0.05) is 11.3 Å². The highest BCUT2D eigenvalue weighted by atomic mass is 16.5. The Kier molecular flexibility index (Phi) is 6.42. The maximum Gasteiger partial charge on any atom is 0.255 e. The monoisotopic (exact) mass is 309 g/mol. The molecule has 0 fully saturated rings. The van der Waals surface area contributed by atoms with Crippen molar-refractivity contribution in [2.24, 2.45) is 0 Å². The van der Waals surface area contributed by atoms with Crippen LogP contribution >= 0.6 is 0 Å².